The minimum Gasteiger partial charge on any atom is -0.396 e. The maximum atomic E-state index is 13.5. The van der Waals surface area contributed by atoms with Gasteiger partial charge in [-0.3, -0.25) is 0 Å². The maximum absolute atomic E-state index is 13.5. The minimum atomic E-state index is -0.671. The van der Waals surface area contributed by atoms with Crippen LogP contribution in [0.25, 0.3) is 0 Å². The Hall–Kier alpha value is -1.00. The van der Waals surface area contributed by atoms with Gasteiger partial charge in [-0.15, -0.1) is 0 Å². The molecule has 0 aromatic heterocycles. The fraction of sp³-hybridized carbons (Fsp3) is 0.400. The van der Waals surface area contributed by atoms with E-state index in [-0.39, 0.29) is 18.7 Å². The van der Waals surface area contributed by atoms with Gasteiger partial charge in [0, 0.05) is 18.0 Å². The third-order valence-electron chi connectivity index (χ3n) is 2.23. The van der Waals surface area contributed by atoms with Crippen molar-refractivity contribution in [1.82, 2.24) is 0 Å². The van der Waals surface area contributed by atoms with Crippen molar-refractivity contribution >= 4 is 0 Å². The lowest BCUT2D eigenvalue weighted by Crippen LogP contribution is -2.19. The molecule has 0 saturated heterocycles. The van der Waals surface area contributed by atoms with Crippen molar-refractivity contribution in [3.63, 3.8) is 0 Å². The number of aliphatic hydroxyl groups excluding tert-OH is 1. The second-order valence-electron chi connectivity index (χ2n) is 3.21. The zero-order valence-electron chi connectivity index (χ0n) is 7.93. The predicted molar refractivity (Wildman–Crippen MR) is 50.0 cm³/mol. The molecule has 0 heterocycles. The van der Waals surface area contributed by atoms with Gasteiger partial charge in [0.05, 0.1) is 6.61 Å². The summed E-state index contributed by atoms with van der Waals surface area (Å²) in [5.41, 5.74) is 5.55. The van der Waals surface area contributed by atoms with Crippen molar-refractivity contribution in [1.29, 1.82) is 0 Å². The first-order valence-electron chi connectivity index (χ1n) is 4.37. The molecule has 0 fully saturated rings. The zero-order chi connectivity index (χ0) is 10.7. The molecule has 4 heteroatoms. The van der Waals surface area contributed by atoms with Crippen molar-refractivity contribution in [2.45, 2.75) is 12.8 Å². The summed E-state index contributed by atoms with van der Waals surface area (Å²) in [6, 6.07) is 2.55. The molecule has 0 aliphatic carbocycles. The normalized spacial score (nSPS) is 12.9. The van der Waals surface area contributed by atoms with E-state index in [4.69, 9.17) is 10.8 Å². The number of benzene rings is 1. The summed E-state index contributed by atoms with van der Waals surface area (Å²) in [5.74, 6) is -1.94. The number of hydrogen-bond donors (Lipinski definition) is 2. The van der Waals surface area contributed by atoms with Gasteiger partial charge in [0.2, 0.25) is 0 Å². The summed E-state index contributed by atoms with van der Waals surface area (Å²) in [7, 11) is 0. The molecular formula is C10H13F2NO. The highest BCUT2D eigenvalue weighted by Crippen LogP contribution is 2.23. The standard InChI is InChI=1S/C10H13F2NO/c1-6-2-3-8(11)9(10(6)12)7(4-13)5-14/h2-3,7,14H,4-5,13H2,1H3. The van der Waals surface area contributed by atoms with Crippen LogP contribution >= 0.6 is 0 Å². The molecule has 0 aliphatic heterocycles. The highest BCUT2D eigenvalue weighted by Gasteiger charge is 2.19. The minimum absolute atomic E-state index is 0.0216. The third kappa shape index (κ3) is 1.91. The monoisotopic (exact) mass is 201 g/mol. The van der Waals surface area contributed by atoms with E-state index in [9.17, 15) is 8.78 Å². The van der Waals surface area contributed by atoms with Crippen molar-refractivity contribution in [2.75, 3.05) is 13.2 Å². The number of aliphatic hydroxyl groups is 1. The number of halogens is 2. The maximum Gasteiger partial charge on any atom is 0.132 e. The van der Waals surface area contributed by atoms with E-state index in [1.165, 1.54) is 12.1 Å². The van der Waals surface area contributed by atoms with Crippen LogP contribution in [-0.4, -0.2) is 18.3 Å². The summed E-state index contributed by atoms with van der Waals surface area (Å²) in [4.78, 5) is 0. The van der Waals surface area contributed by atoms with Crippen molar-refractivity contribution in [2.24, 2.45) is 5.73 Å². The molecule has 2 nitrogen and oxygen atoms in total. The molecule has 0 saturated carbocycles. The average molecular weight is 201 g/mol. The van der Waals surface area contributed by atoms with Gasteiger partial charge in [-0.1, -0.05) is 6.07 Å². The van der Waals surface area contributed by atoms with E-state index in [2.05, 4.69) is 0 Å². The molecule has 0 bridgehead atoms. The third-order valence-corrected chi connectivity index (χ3v) is 2.23. The first kappa shape index (κ1) is 11.1. The van der Waals surface area contributed by atoms with Crippen LogP contribution in [0.5, 0.6) is 0 Å². The van der Waals surface area contributed by atoms with Crippen LogP contribution in [0.1, 0.15) is 17.0 Å². The summed E-state index contributed by atoms with van der Waals surface area (Å²) in [5, 5.41) is 8.91. The lowest BCUT2D eigenvalue weighted by molar-refractivity contribution is 0.262. The highest BCUT2D eigenvalue weighted by atomic mass is 19.1. The Balaban J connectivity index is 3.23. The molecule has 1 aromatic carbocycles. The fourth-order valence-electron chi connectivity index (χ4n) is 1.34. The molecular weight excluding hydrogens is 188 g/mol. The molecule has 1 rings (SSSR count). The number of nitrogens with two attached hydrogens (primary N) is 1. The van der Waals surface area contributed by atoms with Gasteiger partial charge in [-0.25, -0.2) is 8.78 Å². The van der Waals surface area contributed by atoms with Gasteiger partial charge in [0.15, 0.2) is 0 Å². The van der Waals surface area contributed by atoms with E-state index in [0.717, 1.165) is 0 Å². The van der Waals surface area contributed by atoms with E-state index in [0.29, 0.717) is 5.56 Å². The second kappa shape index (κ2) is 4.48. The number of rotatable bonds is 3. The van der Waals surface area contributed by atoms with Gasteiger partial charge >= 0.3 is 0 Å². The van der Waals surface area contributed by atoms with E-state index in [1.807, 2.05) is 0 Å². The molecule has 1 atom stereocenters. The summed E-state index contributed by atoms with van der Waals surface area (Å²) >= 11 is 0. The average Bonchev–Trinajstić information content (AvgIpc) is 2.19. The van der Waals surface area contributed by atoms with E-state index >= 15 is 0 Å². The SMILES string of the molecule is Cc1ccc(F)c(C(CN)CO)c1F. The largest absolute Gasteiger partial charge is 0.396 e. The van der Waals surface area contributed by atoms with Gasteiger partial charge in [0.25, 0.3) is 0 Å². The zero-order valence-corrected chi connectivity index (χ0v) is 7.93. The van der Waals surface area contributed by atoms with Crippen LogP contribution in [0.4, 0.5) is 8.78 Å². The lowest BCUT2D eigenvalue weighted by atomic mass is 9.97. The molecule has 3 N–H and O–H groups in total. The summed E-state index contributed by atoms with van der Waals surface area (Å²) < 4.78 is 26.7. The molecule has 0 spiro atoms. The van der Waals surface area contributed by atoms with Gasteiger partial charge in [0.1, 0.15) is 11.6 Å². The Morgan fingerprint density at radius 3 is 2.57 bits per heavy atom. The molecule has 0 amide bonds. The number of aryl methyl sites for hydroxylation is 1. The summed E-state index contributed by atoms with van der Waals surface area (Å²) in [6.07, 6.45) is 0. The van der Waals surface area contributed by atoms with E-state index < -0.39 is 17.6 Å². The molecule has 0 aliphatic rings. The lowest BCUT2D eigenvalue weighted by Gasteiger charge is -2.14. The van der Waals surface area contributed by atoms with Crippen LogP contribution in [0.15, 0.2) is 12.1 Å². The molecule has 14 heavy (non-hydrogen) atoms. The Morgan fingerprint density at radius 2 is 2.07 bits per heavy atom. The van der Waals surface area contributed by atoms with E-state index in [1.54, 1.807) is 6.92 Å². The molecule has 1 aromatic rings. The van der Waals surface area contributed by atoms with Crippen LogP contribution < -0.4 is 5.73 Å². The molecule has 0 radical (unpaired) electrons. The van der Waals surface area contributed by atoms with Gasteiger partial charge < -0.3 is 10.8 Å². The first-order chi connectivity index (χ1) is 6.61. The number of hydrogen-bond acceptors (Lipinski definition) is 2. The Bertz CT molecular complexity index is 324. The molecule has 78 valence electrons. The quantitative estimate of drug-likeness (QED) is 0.774. The van der Waals surface area contributed by atoms with Crippen LogP contribution in [0, 0.1) is 18.6 Å². The Kier molecular flexibility index (Phi) is 3.55. The van der Waals surface area contributed by atoms with Gasteiger partial charge in [-0.2, -0.15) is 0 Å². The Morgan fingerprint density at radius 1 is 1.43 bits per heavy atom. The first-order valence-corrected chi connectivity index (χ1v) is 4.37. The predicted octanol–water partition coefficient (Wildman–Crippen LogP) is 1.31. The van der Waals surface area contributed by atoms with Gasteiger partial charge in [-0.05, 0) is 18.6 Å². The molecule has 1 unspecified atom stereocenters. The van der Waals surface area contributed by atoms with Crippen molar-refractivity contribution in [3.8, 4) is 0 Å². The van der Waals surface area contributed by atoms with Crippen LogP contribution in [0.2, 0.25) is 0 Å². The van der Waals surface area contributed by atoms with Crippen molar-refractivity contribution < 1.29 is 13.9 Å². The smallest absolute Gasteiger partial charge is 0.132 e. The van der Waals surface area contributed by atoms with Crippen molar-refractivity contribution in [3.05, 3.63) is 34.9 Å². The fourth-order valence-corrected chi connectivity index (χ4v) is 1.34. The summed E-state index contributed by atoms with van der Waals surface area (Å²) in [6.45, 7) is 1.21. The van der Waals surface area contributed by atoms with Crippen LogP contribution in [-0.2, 0) is 0 Å². The second-order valence-corrected chi connectivity index (χ2v) is 3.21. The highest BCUT2D eigenvalue weighted by molar-refractivity contribution is 5.29. The topological polar surface area (TPSA) is 46.2 Å². The van der Waals surface area contributed by atoms with Crippen LogP contribution in [0.3, 0.4) is 0 Å². The Labute approximate surface area is 81.4 Å².